The molecule has 2 N–H and O–H groups in total. The topological polar surface area (TPSA) is 95.7 Å². The number of carbonyl (C=O) groups is 1. The molecule has 0 bridgehead atoms. The van der Waals surface area contributed by atoms with Crippen LogP contribution >= 0.6 is 0 Å². The summed E-state index contributed by atoms with van der Waals surface area (Å²) in [5.74, 6) is -1.10. The third-order valence-electron chi connectivity index (χ3n) is 4.29. The van der Waals surface area contributed by atoms with Crippen LogP contribution < -0.4 is 5.32 Å². The molecular weight excluding hydrogens is 274 g/mol. The fraction of sp³-hybridized carbons (Fsp3) is 0.500. The number of aromatic carboxylic acids is 1. The van der Waals surface area contributed by atoms with Crippen molar-refractivity contribution >= 4 is 17.3 Å². The maximum Gasteiger partial charge on any atom is 0.337 e. The average molecular weight is 293 g/mol. The molecule has 0 radical (unpaired) electrons. The minimum Gasteiger partial charge on any atom is -0.478 e. The molecule has 7 heteroatoms. The monoisotopic (exact) mass is 293 g/mol. The quantitative estimate of drug-likeness (QED) is 0.616. The molecule has 0 aromatic heterocycles. The van der Waals surface area contributed by atoms with Crippen LogP contribution in [0.4, 0.5) is 11.4 Å². The molecule has 1 saturated carbocycles. The Kier molecular flexibility index (Phi) is 4.13. The van der Waals surface area contributed by atoms with Gasteiger partial charge in [0.2, 0.25) is 0 Å². The van der Waals surface area contributed by atoms with Gasteiger partial charge in [0.1, 0.15) is 0 Å². The zero-order chi connectivity index (χ0) is 15.6. The Morgan fingerprint density at radius 1 is 1.48 bits per heavy atom. The first-order valence-electron chi connectivity index (χ1n) is 6.79. The number of hydrogen-bond donors (Lipinski definition) is 2. The van der Waals surface area contributed by atoms with Crippen LogP contribution in [0.15, 0.2) is 18.2 Å². The lowest BCUT2D eigenvalue weighted by Crippen LogP contribution is -2.54. The number of nitrogens with zero attached hydrogens (tertiary/aromatic N) is 2. The lowest BCUT2D eigenvalue weighted by atomic mass is 9.75. The van der Waals surface area contributed by atoms with Crippen LogP contribution in [0.25, 0.3) is 0 Å². The molecule has 0 amide bonds. The van der Waals surface area contributed by atoms with Crippen molar-refractivity contribution < 1.29 is 14.8 Å². The van der Waals surface area contributed by atoms with Gasteiger partial charge in [-0.1, -0.05) is 0 Å². The number of nitro groups is 1. The number of benzene rings is 1. The van der Waals surface area contributed by atoms with Crippen molar-refractivity contribution in [1.29, 1.82) is 0 Å². The second kappa shape index (κ2) is 5.69. The highest BCUT2D eigenvalue weighted by Gasteiger charge is 2.39. The van der Waals surface area contributed by atoms with Crippen molar-refractivity contribution in [2.45, 2.75) is 24.8 Å². The molecule has 1 fully saturated rings. The van der Waals surface area contributed by atoms with E-state index in [1.54, 1.807) is 0 Å². The first kappa shape index (κ1) is 15.2. The summed E-state index contributed by atoms with van der Waals surface area (Å²) in [5.41, 5.74) is 0.231. The van der Waals surface area contributed by atoms with Gasteiger partial charge in [0.25, 0.3) is 5.69 Å². The van der Waals surface area contributed by atoms with E-state index in [4.69, 9.17) is 0 Å². The number of anilines is 1. The van der Waals surface area contributed by atoms with Crippen molar-refractivity contribution in [2.24, 2.45) is 0 Å². The second-order valence-electron chi connectivity index (χ2n) is 5.62. The van der Waals surface area contributed by atoms with E-state index in [2.05, 4.69) is 10.2 Å². The minimum atomic E-state index is -1.10. The van der Waals surface area contributed by atoms with E-state index in [0.29, 0.717) is 12.2 Å². The zero-order valence-corrected chi connectivity index (χ0v) is 12.1. The fourth-order valence-electron chi connectivity index (χ4n) is 2.61. The number of carboxylic acid groups (broad SMARTS) is 1. The predicted octanol–water partition coefficient (Wildman–Crippen LogP) is 2.19. The molecule has 0 unspecified atom stereocenters. The van der Waals surface area contributed by atoms with E-state index in [-0.39, 0.29) is 16.8 Å². The minimum absolute atomic E-state index is 0.000391. The van der Waals surface area contributed by atoms with Gasteiger partial charge >= 0.3 is 5.97 Å². The maximum atomic E-state index is 11.2. The molecule has 0 atom stereocenters. The summed E-state index contributed by atoms with van der Waals surface area (Å²) >= 11 is 0. The van der Waals surface area contributed by atoms with Gasteiger partial charge in [-0.3, -0.25) is 10.1 Å². The van der Waals surface area contributed by atoms with Gasteiger partial charge in [-0.15, -0.1) is 0 Å². The highest BCUT2D eigenvalue weighted by atomic mass is 16.6. The predicted molar refractivity (Wildman–Crippen MR) is 78.8 cm³/mol. The van der Waals surface area contributed by atoms with Crippen molar-refractivity contribution in [3.63, 3.8) is 0 Å². The van der Waals surface area contributed by atoms with Crippen molar-refractivity contribution in [1.82, 2.24) is 4.90 Å². The molecule has 7 nitrogen and oxygen atoms in total. The first-order chi connectivity index (χ1) is 9.85. The molecule has 0 heterocycles. The third-order valence-corrected chi connectivity index (χ3v) is 4.29. The molecule has 2 rings (SSSR count). The number of carboxylic acids is 1. The smallest absolute Gasteiger partial charge is 0.337 e. The molecule has 1 aromatic carbocycles. The van der Waals surface area contributed by atoms with Crippen LogP contribution in [-0.2, 0) is 0 Å². The van der Waals surface area contributed by atoms with Crippen molar-refractivity contribution in [2.75, 3.05) is 26.0 Å². The van der Waals surface area contributed by atoms with Gasteiger partial charge in [-0.2, -0.15) is 0 Å². The van der Waals surface area contributed by atoms with E-state index in [9.17, 15) is 20.0 Å². The van der Waals surface area contributed by atoms with Crippen molar-refractivity contribution in [3.05, 3.63) is 33.9 Å². The molecule has 0 saturated heterocycles. The van der Waals surface area contributed by atoms with Gasteiger partial charge in [-0.05, 0) is 39.4 Å². The molecular formula is C14H19N3O4. The molecule has 0 aliphatic heterocycles. The van der Waals surface area contributed by atoms with Crippen LogP contribution in [0, 0.1) is 10.1 Å². The summed E-state index contributed by atoms with van der Waals surface area (Å²) in [7, 11) is 3.98. The number of hydrogen-bond acceptors (Lipinski definition) is 5. The van der Waals surface area contributed by atoms with Crippen LogP contribution in [0.5, 0.6) is 0 Å². The van der Waals surface area contributed by atoms with E-state index >= 15 is 0 Å². The van der Waals surface area contributed by atoms with E-state index in [0.717, 1.165) is 19.3 Å². The Hall–Kier alpha value is -2.15. The van der Waals surface area contributed by atoms with Crippen molar-refractivity contribution in [3.8, 4) is 0 Å². The Labute approximate surface area is 122 Å². The van der Waals surface area contributed by atoms with Gasteiger partial charge in [0, 0.05) is 24.2 Å². The molecule has 0 spiro atoms. The third kappa shape index (κ3) is 2.97. The Morgan fingerprint density at radius 3 is 2.57 bits per heavy atom. The van der Waals surface area contributed by atoms with Crippen LogP contribution in [0.2, 0.25) is 0 Å². The molecule has 21 heavy (non-hydrogen) atoms. The van der Waals surface area contributed by atoms with Crippen LogP contribution in [-0.4, -0.2) is 47.1 Å². The van der Waals surface area contributed by atoms with Crippen LogP contribution in [0.3, 0.4) is 0 Å². The van der Waals surface area contributed by atoms with Gasteiger partial charge in [0.05, 0.1) is 16.2 Å². The molecule has 1 aliphatic rings. The average Bonchev–Trinajstić information content (AvgIpc) is 2.36. The lowest BCUT2D eigenvalue weighted by molar-refractivity contribution is -0.384. The molecule has 1 aromatic rings. The van der Waals surface area contributed by atoms with E-state index in [1.807, 2.05) is 14.1 Å². The summed E-state index contributed by atoms with van der Waals surface area (Å²) in [6.45, 7) is 0.571. The lowest BCUT2D eigenvalue weighted by Gasteiger charge is -2.47. The summed E-state index contributed by atoms with van der Waals surface area (Å²) in [4.78, 5) is 23.7. The number of rotatable bonds is 6. The van der Waals surface area contributed by atoms with E-state index < -0.39 is 10.9 Å². The SMILES string of the molecule is CN(C)C1(CNc2cc([N+](=O)[O-])ccc2C(=O)O)CCC1. The Morgan fingerprint density at radius 2 is 2.14 bits per heavy atom. The number of nitro benzene ring substituents is 1. The second-order valence-corrected chi connectivity index (χ2v) is 5.62. The first-order valence-corrected chi connectivity index (χ1v) is 6.79. The fourth-order valence-corrected chi connectivity index (χ4v) is 2.61. The largest absolute Gasteiger partial charge is 0.478 e. The number of nitrogens with one attached hydrogen (secondary N) is 1. The maximum absolute atomic E-state index is 11.2. The summed E-state index contributed by atoms with van der Waals surface area (Å²) < 4.78 is 0. The number of likely N-dealkylation sites (N-methyl/N-ethyl adjacent to an activating group) is 1. The highest BCUT2D eigenvalue weighted by molar-refractivity contribution is 5.94. The summed E-state index contributed by atoms with van der Waals surface area (Å²) in [6, 6.07) is 3.76. The van der Waals surface area contributed by atoms with Gasteiger partial charge in [-0.25, -0.2) is 4.79 Å². The zero-order valence-electron chi connectivity index (χ0n) is 12.1. The highest BCUT2D eigenvalue weighted by Crippen LogP contribution is 2.36. The Bertz CT molecular complexity index is 567. The number of non-ortho nitro benzene ring substituents is 1. The van der Waals surface area contributed by atoms with E-state index in [1.165, 1.54) is 18.2 Å². The standard InChI is InChI=1S/C14H19N3O4/c1-16(2)14(6-3-7-14)9-15-12-8-10(17(20)21)4-5-11(12)13(18)19/h4-5,8,15H,3,6-7,9H2,1-2H3,(H,18,19). The summed E-state index contributed by atoms with van der Waals surface area (Å²) in [6.07, 6.45) is 3.20. The van der Waals surface area contributed by atoms with Gasteiger partial charge < -0.3 is 15.3 Å². The summed E-state index contributed by atoms with van der Waals surface area (Å²) in [5, 5.41) is 23.1. The Balaban J connectivity index is 2.23. The molecule has 1 aliphatic carbocycles. The molecule has 114 valence electrons. The normalized spacial score (nSPS) is 16.3. The van der Waals surface area contributed by atoms with Gasteiger partial charge in [0.15, 0.2) is 0 Å². The van der Waals surface area contributed by atoms with Crippen LogP contribution in [0.1, 0.15) is 29.6 Å².